The molecule has 4 heteroatoms. The number of hydrogen-bond acceptors (Lipinski definition) is 3. The van der Waals surface area contributed by atoms with Gasteiger partial charge in [-0.3, -0.25) is 9.69 Å². The second kappa shape index (κ2) is 5.98. The first-order valence-electron chi connectivity index (χ1n) is 6.54. The Morgan fingerprint density at radius 3 is 2.61 bits per heavy atom. The van der Waals surface area contributed by atoms with Gasteiger partial charge in [0.1, 0.15) is 0 Å². The summed E-state index contributed by atoms with van der Waals surface area (Å²) in [4.78, 5) is 14.0. The molecule has 4 nitrogen and oxygen atoms in total. The molecule has 1 saturated heterocycles. The topological polar surface area (TPSA) is 58.4 Å². The van der Waals surface area contributed by atoms with E-state index >= 15 is 0 Å². The van der Waals surface area contributed by atoms with Crippen LogP contribution < -0.4 is 11.1 Å². The van der Waals surface area contributed by atoms with Crippen LogP contribution >= 0.6 is 0 Å². The minimum Gasteiger partial charge on any atom is -0.353 e. The summed E-state index contributed by atoms with van der Waals surface area (Å²) in [6.45, 7) is 5.12. The first-order chi connectivity index (χ1) is 8.74. The largest absolute Gasteiger partial charge is 0.353 e. The molecule has 0 aliphatic carbocycles. The third-order valence-electron chi connectivity index (χ3n) is 3.47. The molecule has 1 aliphatic rings. The lowest BCUT2D eigenvalue weighted by Crippen LogP contribution is -2.54. The van der Waals surface area contributed by atoms with Crippen molar-refractivity contribution in [1.82, 2.24) is 10.2 Å². The van der Waals surface area contributed by atoms with Crippen molar-refractivity contribution in [3.63, 3.8) is 0 Å². The van der Waals surface area contributed by atoms with Crippen LogP contribution in [-0.4, -0.2) is 29.9 Å². The van der Waals surface area contributed by atoms with Crippen molar-refractivity contribution in [2.45, 2.75) is 32.5 Å². The first-order valence-corrected chi connectivity index (χ1v) is 6.54. The predicted octanol–water partition coefficient (Wildman–Crippen LogP) is 0.856. The summed E-state index contributed by atoms with van der Waals surface area (Å²) in [5, 5.41) is 2.92. The Hall–Kier alpha value is -1.39. The molecular formula is C14H21N3O. The minimum atomic E-state index is 0.00735. The molecule has 1 aromatic carbocycles. The van der Waals surface area contributed by atoms with Crippen molar-refractivity contribution in [2.24, 2.45) is 5.73 Å². The molecule has 98 valence electrons. The van der Waals surface area contributed by atoms with Crippen LogP contribution in [0.4, 0.5) is 0 Å². The van der Waals surface area contributed by atoms with Gasteiger partial charge in [0.05, 0.1) is 6.04 Å². The Bertz CT molecular complexity index is 402. The summed E-state index contributed by atoms with van der Waals surface area (Å²) >= 11 is 0. The first kappa shape index (κ1) is 13.1. The normalized spacial score (nSPS) is 20.8. The molecule has 2 rings (SSSR count). The quantitative estimate of drug-likeness (QED) is 0.829. The number of nitrogens with zero attached hydrogens (tertiary/aromatic N) is 1. The van der Waals surface area contributed by atoms with E-state index in [1.54, 1.807) is 0 Å². The van der Waals surface area contributed by atoms with Gasteiger partial charge in [0.2, 0.25) is 5.91 Å². The van der Waals surface area contributed by atoms with E-state index in [1.165, 1.54) is 5.56 Å². The number of nitrogens with two attached hydrogens (primary N) is 1. The highest BCUT2D eigenvalue weighted by Gasteiger charge is 2.27. The smallest absolute Gasteiger partial charge is 0.237 e. The monoisotopic (exact) mass is 247 g/mol. The van der Waals surface area contributed by atoms with Crippen LogP contribution in [0, 0.1) is 0 Å². The number of hydrogen-bond donors (Lipinski definition) is 2. The van der Waals surface area contributed by atoms with Gasteiger partial charge < -0.3 is 11.1 Å². The molecule has 0 spiro atoms. The zero-order chi connectivity index (χ0) is 13.0. The molecule has 1 fully saturated rings. The molecule has 0 aromatic heterocycles. The molecule has 1 atom stereocenters. The fourth-order valence-corrected chi connectivity index (χ4v) is 2.41. The Labute approximate surface area is 108 Å². The highest BCUT2D eigenvalue weighted by molar-refractivity contribution is 5.82. The molecule has 3 N–H and O–H groups in total. The van der Waals surface area contributed by atoms with E-state index in [0.717, 1.165) is 31.6 Å². The number of rotatable bonds is 4. The zero-order valence-corrected chi connectivity index (χ0v) is 10.9. The van der Waals surface area contributed by atoms with Gasteiger partial charge in [-0.05, 0) is 17.5 Å². The molecule has 1 aromatic rings. The second-order valence-corrected chi connectivity index (χ2v) is 4.71. The molecule has 1 heterocycles. The van der Waals surface area contributed by atoms with Crippen LogP contribution in [-0.2, 0) is 17.9 Å². The van der Waals surface area contributed by atoms with Crippen molar-refractivity contribution in [1.29, 1.82) is 0 Å². The third kappa shape index (κ3) is 2.89. The highest BCUT2D eigenvalue weighted by atomic mass is 16.2. The maximum atomic E-state index is 11.8. The average molecular weight is 247 g/mol. The van der Waals surface area contributed by atoms with Crippen LogP contribution in [0.3, 0.4) is 0 Å². The zero-order valence-electron chi connectivity index (χ0n) is 10.9. The van der Waals surface area contributed by atoms with E-state index in [-0.39, 0.29) is 11.9 Å². The van der Waals surface area contributed by atoms with Crippen molar-refractivity contribution in [3.05, 3.63) is 35.4 Å². The SMILES string of the molecule is CCC1C(=O)NCCN1Cc1ccc(CN)cc1. The summed E-state index contributed by atoms with van der Waals surface area (Å²) in [5.41, 5.74) is 7.96. The molecular weight excluding hydrogens is 226 g/mol. The van der Waals surface area contributed by atoms with Crippen LogP contribution in [0.5, 0.6) is 0 Å². The van der Waals surface area contributed by atoms with E-state index in [9.17, 15) is 4.79 Å². The molecule has 0 radical (unpaired) electrons. The van der Waals surface area contributed by atoms with E-state index in [4.69, 9.17) is 5.73 Å². The van der Waals surface area contributed by atoms with Crippen molar-refractivity contribution >= 4 is 5.91 Å². The van der Waals surface area contributed by atoms with Gasteiger partial charge in [0.25, 0.3) is 0 Å². The van der Waals surface area contributed by atoms with Gasteiger partial charge in [-0.2, -0.15) is 0 Å². The van der Waals surface area contributed by atoms with Gasteiger partial charge in [-0.1, -0.05) is 31.2 Å². The van der Waals surface area contributed by atoms with Crippen molar-refractivity contribution in [2.75, 3.05) is 13.1 Å². The van der Waals surface area contributed by atoms with Gasteiger partial charge >= 0.3 is 0 Å². The summed E-state index contributed by atoms with van der Waals surface area (Å²) in [7, 11) is 0. The lowest BCUT2D eigenvalue weighted by atomic mass is 10.1. The van der Waals surface area contributed by atoms with Gasteiger partial charge in [-0.15, -0.1) is 0 Å². The summed E-state index contributed by atoms with van der Waals surface area (Å²) in [5.74, 6) is 0.155. The van der Waals surface area contributed by atoms with Crippen molar-refractivity contribution < 1.29 is 4.79 Å². The molecule has 1 unspecified atom stereocenters. The van der Waals surface area contributed by atoms with Gasteiger partial charge in [0, 0.05) is 26.2 Å². The molecule has 0 saturated carbocycles. The number of carbonyl (C=O) groups is 1. The Kier molecular flexibility index (Phi) is 4.33. The second-order valence-electron chi connectivity index (χ2n) is 4.71. The standard InChI is InChI=1S/C14H21N3O/c1-2-13-14(18)16-7-8-17(13)10-12-5-3-11(9-15)4-6-12/h3-6,13H,2,7-10,15H2,1H3,(H,16,18). The van der Waals surface area contributed by atoms with E-state index in [1.807, 2.05) is 0 Å². The predicted molar refractivity (Wildman–Crippen MR) is 71.8 cm³/mol. The lowest BCUT2D eigenvalue weighted by Gasteiger charge is -2.34. The van der Waals surface area contributed by atoms with E-state index in [0.29, 0.717) is 6.54 Å². The van der Waals surface area contributed by atoms with Crippen molar-refractivity contribution in [3.8, 4) is 0 Å². The number of piperazine rings is 1. The third-order valence-corrected chi connectivity index (χ3v) is 3.47. The maximum absolute atomic E-state index is 11.8. The molecule has 1 amide bonds. The average Bonchev–Trinajstić information content (AvgIpc) is 2.40. The fourth-order valence-electron chi connectivity index (χ4n) is 2.41. The summed E-state index contributed by atoms with van der Waals surface area (Å²) in [6, 6.07) is 8.32. The minimum absolute atomic E-state index is 0.00735. The number of nitrogens with one attached hydrogen (secondary N) is 1. The van der Waals surface area contributed by atoms with Crippen LogP contribution in [0.25, 0.3) is 0 Å². The highest BCUT2D eigenvalue weighted by Crippen LogP contribution is 2.14. The molecule has 0 bridgehead atoms. The maximum Gasteiger partial charge on any atom is 0.237 e. The Morgan fingerprint density at radius 2 is 2.00 bits per heavy atom. The number of carbonyl (C=O) groups excluding carboxylic acids is 1. The van der Waals surface area contributed by atoms with Crippen LogP contribution in [0.15, 0.2) is 24.3 Å². The summed E-state index contributed by atoms with van der Waals surface area (Å²) in [6.07, 6.45) is 0.854. The van der Waals surface area contributed by atoms with Crippen LogP contribution in [0.1, 0.15) is 24.5 Å². The number of benzene rings is 1. The number of amides is 1. The van der Waals surface area contributed by atoms with E-state index < -0.39 is 0 Å². The van der Waals surface area contributed by atoms with Gasteiger partial charge in [-0.25, -0.2) is 0 Å². The summed E-state index contributed by atoms with van der Waals surface area (Å²) < 4.78 is 0. The Balaban J connectivity index is 2.04. The fraction of sp³-hybridized carbons (Fsp3) is 0.500. The molecule has 18 heavy (non-hydrogen) atoms. The molecule has 1 aliphatic heterocycles. The van der Waals surface area contributed by atoms with Gasteiger partial charge in [0.15, 0.2) is 0 Å². The van der Waals surface area contributed by atoms with Crippen LogP contribution in [0.2, 0.25) is 0 Å². The Morgan fingerprint density at radius 1 is 1.33 bits per heavy atom. The lowest BCUT2D eigenvalue weighted by molar-refractivity contribution is -0.129. The van der Waals surface area contributed by atoms with E-state index in [2.05, 4.69) is 41.4 Å².